The molecule has 1 saturated heterocycles. The zero-order chi connectivity index (χ0) is 7.23. The van der Waals surface area contributed by atoms with Gasteiger partial charge < -0.3 is 10.1 Å². The van der Waals surface area contributed by atoms with Gasteiger partial charge >= 0.3 is 0 Å². The van der Waals surface area contributed by atoms with Crippen LogP contribution in [0.1, 0.15) is 6.42 Å². The third-order valence-electron chi connectivity index (χ3n) is 1.66. The molecule has 3 heteroatoms. The molecule has 1 rings (SSSR count). The molecule has 0 amide bonds. The largest absolute Gasteiger partial charge is 0.383 e. The highest BCUT2D eigenvalue weighted by molar-refractivity contribution is 7.99. The zero-order valence-electron chi connectivity index (χ0n) is 6.43. The molecule has 0 aromatic rings. The lowest BCUT2D eigenvalue weighted by Gasteiger charge is -2.12. The predicted octanol–water partition coefficient (Wildman–Crippen LogP) is 0.728. The molecule has 0 spiro atoms. The summed E-state index contributed by atoms with van der Waals surface area (Å²) in [6.07, 6.45) is 1.25. The summed E-state index contributed by atoms with van der Waals surface area (Å²) >= 11 is 2.03. The maximum atomic E-state index is 5.07. The molecule has 2 nitrogen and oxygen atoms in total. The van der Waals surface area contributed by atoms with Crippen LogP contribution < -0.4 is 5.32 Å². The Kier molecular flexibility index (Phi) is 4.18. The Balaban J connectivity index is 2.15. The highest BCUT2D eigenvalue weighted by atomic mass is 32.2. The lowest BCUT2D eigenvalue weighted by molar-refractivity contribution is 0.166. The standard InChI is InChI=1S/C7H15NOS/c1-9-6-7-2-4-10-5-3-8-7/h7-8H,2-6H2,1H3. The van der Waals surface area contributed by atoms with Crippen LogP contribution in [0.2, 0.25) is 0 Å². The number of rotatable bonds is 2. The predicted molar refractivity (Wildman–Crippen MR) is 45.6 cm³/mol. The number of hydrogen-bond donors (Lipinski definition) is 1. The van der Waals surface area contributed by atoms with Crippen molar-refractivity contribution in [2.24, 2.45) is 0 Å². The molecule has 0 bridgehead atoms. The van der Waals surface area contributed by atoms with Gasteiger partial charge in [-0.05, 0) is 12.2 Å². The van der Waals surface area contributed by atoms with Crippen molar-refractivity contribution < 1.29 is 4.74 Å². The first-order valence-corrected chi connectivity index (χ1v) is 4.89. The summed E-state index contributed by atoms with van der Waals surface area (Å²) in [7, 11) is 1.76. The number of thioether (sulfide) groups is 1. The average molecular weight is 161 g/mol. The second kappa shape index (κ2) is 4.99. The molecule has 0 radical (unpaired) electrons. The van der Waals surface area contributed by atoms with Crippen molar-refractivity contribution in [1.29, 1.82) is 0 Å². The number of ether oxygens (including phenoxy) is 1. The molecule has 1 aliphatic heterocycles. The second-order valence-corrected chi connectivity index (χ2v) is 3.73. The van der Waals surface area contributed by atoms with Crippen LogP contribution in [0.3, 0.4) is 0 Å². The van der Waals surface area contributed by atoms with Gasteiger partial charge in [0, 0.05) is 25.4 Å². The monoisotopic (exact) mass is 161 g/mol. The maximum Gasteiger partial charge on any atom is 0.0616 e. The highest BCUT2D eigenvalue weighted by Gasteiger charge is 2.09. The molecule has 1 aliphatic rings. The van der Waals surface area contributed by atoms with E-state index >= 15 is 0 Å². The summed E-state index contributed by atoms with van der Waals surface area (Å²) in [4.78, 5) is 0. The minimum atomic E-state index is 0.597. The van der Waals surface area contributed by atoms with Gasteiger partial charge in [0.15, 0.2) is 0 Å². The van der Waals surface area contributed by atoms with Crippen molar-refractivity contribution in [3.63, 3.8) is 0 Å². The van der Waals surface area contributed by atoms with Crippen molar-refractivity contribution >= 4 is 11.8 Å². The van der Waals surface area contributed by atoms with E-state index in [4.69, 9.17) is 4.74 Å². The van der Waals surface area contributed by atoms with Crippen molar-refractivity contribution in [1.82, 2.24) is 5.32 Å². The Morgan fingerprint density at radius 3 is 3.30 bits per heavy atom. The fourth-order valence-electron chi connectivity index (χ4n) is 1.11. The average Bonchev–Trinajstić information content (AvgIpc) is 2.17. The van der Waals surface area contributed by atoms with Gasteiger partial charge in [0.05, 0.1) is 6.61 Å². The van der Waals surface area contributed by atoms with Crippen molar-refractivity contribution in [3.8, 4) is 0 Å². The minimum Gasteiger partial charge on any atom is -0.383 e. The first kappa shape index (κ1) is 8.37. The first-order valence-electron chi connectivity index (χ1n) is 3.73. The fourth-order valence-corrected chi connectivity index (χ4v) is 2.03. The van der Waals surface area contributed by atoms with Crippen LogP contribution in [-0.2, 0) is 4.74 Å². The third kappa shape index (κ3) is 2.90. The summed E-state index contributed by atoms with van der Waals surface area (Å²) in [6.45, 7) is 2.00. The molecular weight excluding hydrogens is 146 g/mol. The lowest BCUT2D eigenvalue weighted by atomic mass is 10.2. The molecule has 60 valence electrons. The molecule has 0 saturated carbocycles. The van der Waals surface area contributed by atoms with Crippen LogP contribution in [0.5, 0.6) is 0 Å². The third-order valence-corrected chi connectivity index (χ3v) is 2.68. The summed E-state index contributed by atoms with van der Waals surface area (Å²) < 4.78 is 5.07. The Bertz CT molecular complexity index is 81.7. The van der Waals surface area contributed by atoms with E-state index in [9.17, 15) is 0 Å². The molecule has 1 atom stereocenters. The molecule has 1 unspecified atom stereocenters. The Morgan fingerprint density at radius 1 is 1.60 bits per heavy atom. The van der Waals surface area contributed by atoms with Gasteiger partial charge in [0.25, 0.3) is 0 Å². The molecule has 1 fully saturated rings. The second-order valence-electron chi connectivity index (χ2n) is 2.51. The summed E-state index contributed by atoms with van der Waals surface area (Å²) in [6, 6.07) is 0.597. The topological polar surface area (TPSA) is 21.3 Å². The quantitative estimate of drug-likeness (QED) is 0.645. The fraction of sp³-hybridized carbons (Fsp3) is 1.00. The van der Waals surface area contributed by atoms with Crippen LogP contribution in [-0.4, -0.2) is 37.8 Å². The summed E-state index contributed by atoms with van der Waals surface area (Å²) in [5, 5.41) is 3.44. The van der Waals surface area contributed by atoms with E-state index in [0.29, 0.717) is 6.04 Å². The first-order chi connectivity index (χ1) is 4.93. The normalized spacial score (nSPS) is 27.9. The van der Waals surface area contributed by atoms with Crippen molar-refractivity contribution in [2.75, 3.05) is 31.8 Å². The smallest absolute Gasteiger partial charge is 0.0616 e. The minimum absolute atomic E-state index is 0.597. The van der Waals surface area contributed by atoms with Crippen molar-refractivity contribution in [3.05, 3.63) is 0 Å². The van der Waals surface area contributed by atoms with Crippen LogP contribution >= 0.6 is 11.8 Å². The van der Waals surface area contributed by atoms with Gasteiger partial charge in [-0.3, -0.25) is 0 Å². The number of hydrogen-bond acceptors (Lipinski definition) is 3. The zero-order valence-corrected chi connectivity index (χ0v) is 7.25. The van der Waals surface area contributed by atoms with Gasteiger partial charge in [-0.1, -0.05) is 0 Å². The lowest BCUT2D eigenvalue weighted by Crippen LogP contribution is -2.33. The van der Waals surface area contributed by atoms with Gasteiger partial charge in [-0.15, -0.1) is 0 Å². The molecule has 1 heterocycles. The molecular formula is C7H15NOS. The van der Waals surface area contributed by atoms with Crippen LogP contribution in [0.25, 0.3) is 0 Å². The number of nitrogens with one attached hydrogen (secondary N) is 1. The van der Waals surface area contributed by atoms with E-state index in [1.165, 1.54) is 17.9 Å². The van der Waals surface area contributed by atoms with E-state index < -0.39 is 0 Å². The van der Waals surface area contributed by atoms with E-state index in [1.54, 1.807) is 7.11 Å². The van der Waals surface area contributed by atoms with E-state index in [0.717, 1.165) is 13.2 Å². The summed E-state index contributed by atoms with van der Waals surface area (Å²) in [5.41, 5.74) is 0. The number of methoxy groups -OCH3 is 1. The van der Waals surface area contributed by atoms with E-state index in [1.807, 2.05) is 11.8 Å². The Labute approximate surface area is 66.7 Å². The van der Waals surface area contributed by atoms with Gasteiger partial charge in [-0.25, -0.2) is 0 Å². The van der Waals surface area contributed by atoms with Crippen LogP contribution in [0.4, 0.5) is 0 Å². The van der Waals surface area contributed by atoms with Gasteiger partial charge in [-0.2, -0.15) is 11.8 Å². The molecule has 0 aromatic heterocycles. The van der Waals surface area contributed by atoms with Gasteiger partial charge in [0.1, 0.15) is 0 Å². The van der Waals surface area contributed by atoms with Gasteiger partial charge in [0.2, 0.25) is 0 Å². The van der Waals surface area contributed by atoms with Crippen LogP contribution in [0.15, 0.2) is 0 Å². The molecule has 10 heavy (non-hydrogen) atoms. The molecule has 1 N–H and O–H groups in total. The molecule has 0 aromatic carbocycles. The van der Waals surface area contributed by atoms with E-state index in [-0.39, 0.29) is 0 Å². The SMILES string of the molecule is COCC1CCSCCN1. The Hall–Kier alpha value is 0.270. The van der Waals surface area contributed by atoms with E-state index in [2.05, 4.69) is 5.32 Å². The summed E-state index contributed by atoms with van der Waals surface area (Å²) in [5.74, 6) is 2.53. The Morgan fingerprint density at radius 2 is 2.50 bits per heavy atom. The molecule has 0 aliphatic carbocycles. The highest BCUT2D eigenvalue weighted by Crippen LogP contribution is 2.08. The maximum absolute atomic E-state index is 5.07. The van der Waals surface area contributed by atoms with Crippen LogP contribution in [0, 0.1) is 0 Å². The van der Waals surface area contributed by atoms with Crippen molar-refractivity contribution in [2.45, 2.75) is 12.5 Å².